The molecule has 2 aliphatic heterocycles. The maximum absolute atomic E-state index is 12.2. The molecule has 9 nitrogen and oxygen atoms in total. The van der Waals surface area contributed by atoms with Crippen molar-refractivity contribution in [1.82, 2.24) is 4.90 Å². The summed E-state index contributed by atoms with van der Waals surface area (Å²) < 4.78 is 36.7. The lowest BCUT2D eigenvalue weighted by atomic mass is 10.2. The third-order valence-corrected chi connectivity index (χ3v) is 5.23. The number of fused-ring (bicyclic) bond motifs is 1. The molecule has 1 N–H and O–H groups in total. The highest BCUT2D eigenvalue weighted by atomic mass is 35.5. The van der Waals surface area contributed by atoms with Gasteiger partial charge < -0.3 is 19.7 Å². The van der Waals surface area contributed by atoms with Crippen LogP contribution in [0.5, 0.6) is 5.75 Å². The third kappa shape index (κ3) is 4.70. The summed E-state index contributed by atoms with van der Waals surface area (Å²) in [4.78, 5) is 25.8. The van der Waals surface area contributed by atoms with Crippen LogP contribution in [0.1, 0.15) is 0 Å². The lowest BCUT2D eigenvalue weighted by Gasteiger charge is -2.26. The standard InChI is InChI=1S/C17H16ClN3O6S/c1-26-14-4-3-12(18)8-13(14)19-16(22)10-27-17(23)11-2-5-15-20-28(24,25)7-6-21(15)9-11/h2-5,8-9H,6-7,10H2,1H3,(H,19,22). The number of ether oxygens (including phenoxy) is 2. The van der Waals surface area contributed by atoms with E-state index < -0.39 is 28.5 Å². The number of methoxy groups -OCH3 is 1. The van der Waals surface area contributed by atoms with Gasteiger partial charge in [0, 0.05) is 17.8 Å². The van der Waals surface area contributed by atoms with E-state index in [0.29, 0.717) is 16.5 Å². The van der Waals surface area contributed by atoms with Gasteiger partial charge in [-0.25, -0.2) is 13.2 Å². The van der Waals surface area contributed by atoms with E-state index in [9.17, 15) is 18.0 Å². The van der Waals surface area contributed by atoms with Crippen molar-refractivity contribution in [3.63, 3.8) is 0 Å². The molecule has 3 rings (SSSR count). The van der Waals surface area contributed by atoms with Crippen LogP contribution in [0, 0.1) is 0 Å². The Morgan fingerprint density at radius 3 is 2.86 bits per heavy atom. The highest BCUT2D eigenvalue weighted by molar-refractivity contribution is 7.90. The van der Waals surface area contributed by atoms with Crippen LogP contribution in [0.3, 0.4) is 0 Å². The van der Waals surface area contributed by atoms with Crippen molar-refractivity contribution in [2.75, 3.05) is 31.3 Å². The number of nitrogens with one attached hydrogen (secondary N) is 1. The van der Waals surface area contributed by atoms with Crippen molar-refractivity contribution in [3.8, 4) is 5.75 Å². The lowest BCUT2D eigenvalue weighted by Crippen LogP contribution is -2.37. The van der Waals surface area contributed by atoms with Crippen molar-refractivity contribution < 1.29 is 27.5 Å². The van der Waals surface area contributed by atoms with Crippen molar-refractivity contribution >= 4 is 45.0 Å². The number of amides is 1. The molecule has 0 unspecified atom stereocenters. The Balaban J connectivity index is 1.59. The quantitative estimate of drug-likeness (QED) is 0.707. The van der Waals surface area contributed by atoms with Gasteiger partial charge in [0.25, 0.3) is 15.9 Å². The van der Waals surface area contributed by atoms with E-state index in [1.165, 1.54) is 36.4 Å². The molecule has 2 aliphatic rings. The maximum Gasteiger partial charge on any atom is 0.340 e. The molecule has 0 atom stereocenters. The molecule has 0 aliphatic carbocycles. The smallest absolute Gasteiger partial charge is 0.340 e. The van der Waals surface area contributed by atoms with Crippen LogP contribution in [0.2, 0.25) is 5.02 Å². The molecule has 0 bridgehead atoms. The number of rotatable bonds is 5. The highest BCUT2D eigenvalue weighted by Crippen LogP contribution is 2.27. The van der Waals surface area contributed by atoms with Crippen molar-refractivity contribution in [2.45, 2.75) is 0 Å². The number of esters is 1. The predicted molar refractivity (Wildman–Crippen MR) is 103 cm³/mol. The van der Waals surface area contributed by atoms with Crippen LogP contribution in [-0.4, -0.2) is 57.0 Å². The Labute approximate surface area is 166 Å². The average Bonchev–Trinajstić information content (AvgIpc) is 2.65. The zero-order chi connectivity index (χ0) is 20.3. The minimum absolute atomic E-state index is 0.146. The number of hydrogen-bond donors (Lipinski definition) is 1. The second-order valence-electron chi connectivity index (χ2n) is 5.82. The number of benzene rings is 1. The van der Waals surface area contributed by atoms with Crippen molar-refractivity contribution in [3.05, 3.63) is 47.1 Å². The van der Waals surface area contributed by atoms with Gasteiger partial charge in [-0.15, -0.1) is 4.40 Å². The number of carbonyl (C=O) groups excluding carboxylic acids is 2. The summed E-state index contributed by atoms with van der Waals surface area (Å²) in [7, 11) is -2.03. The first kappa shape index (κ1) is 19.9. The first-order valence-electron chi connectivity index (χ1n) is 8.07. The SMILES string of the molecule is COc1ccc(Cl)cc1NC(=O)COC(=O)C1=CN2CCS(=O)(=O)N=C2C=C1. The van der Waals surface area contributed by atoms with E-state index >= 15 is 0 Å². The van der Waals surface area contributed by atoms with Gasteiger partial charge in [0.05, 0.1) is 24.1 Å². The Bertz CT molecular complexity index is 1020. The summed E-state index contributed by atoms with van der Waals surface area (Å²) in [5.41, 5.74) is 0.523. The molecule has 0 fully saturated rings. The van der Waals surface area contributed by atoms with Gasteiger partial charge in [-0.2, -0.15) is 0 Å². The van der Waals surface area contributed by atoms with Gasteiger partial charge in [-0.05, 0) is 30.4 Å². The second kappa shape index (κ2) is 8.03. The molecule has 0 radical (unpaired) electrons. The summed E-state index contributed by atoms with van der Waals surface area (Å²) in [5, 5.41) is 2.96. The van der Waals surface area contributed by atoms with E-state index in [1.807, 2.05) is 0 Å². The number of carbonyl (C=O) groups is 2. The fraction of sp³-hybridized carbons (Fsp3) is 0.235. The Morgan fingerprint density at radius 2 is 2.11 bits per heavy atom. The predicted octanol–water partition coefficient (Wildman–Crippen LogP) is 1.33. The number of amidine groups is 1. The highest BCUT2D eigenvalue weighted by Gasteiger charge is 2.25. The van der Waals surface area contributed by atoms with Crippen molar-refractivity contribution in [1.29, 1.82) is 0 Å². The summed E-state index contributed by atoms with van der Waals surface area (Å²) in [5.74, 6) is -0.799. The van der Waals surface area contributed by atoms with E-state index in [-0.39, 0.29) is 23.7 Å². The average molecular weight is 426 g/mol. The Hall–Kier alpha value is -2.85. The van der Waals surface area contributed by atoms with Gasteiger partial charge >= 0.3 is 5.97 Å². The van der Waals surface area contributed by atoms with Crippen LogP contribution < -0.4 is 10.1 Å². The van der Waals surface area contributed by atoms with Crippen LogP contribution in [0.15, 0.2) is 46.5 Å². The molecule has 0 spiro atoms. The van der Waals surface area contributed by atoms with Crippen LogP contribution >= 0.6 is 11.6 Å². The zero-order valence-electron chi connectivity index (χ0n) is 14.7. The normalized spacial score (nSPS) is 17.1. The molecule has 0 aromatic heterocycles. The largest absolute Gasteiger partial charge is 0.495 e. The summed E-state index contributed by atoms with van der Waals surface area (Å²) in [6, 6.07) is 4.72. The van der Waals surface area contributed by atoms with Crippen molar-refractivity contribution in [2.24, 2.45) is 4.40 Å². The lowest BCUT2D eigenvalue weighted by molar-refractivity contribution is -0.143. The fourth-order valence-electron chi connectivity index (χ4n) is 2.50. The molecule has 2 heterocycles. The molecule has 28 heavy (non-hydrogen) atoms. The maximum atomic E-state index is 12.2. The minimum atomic E-state index is -3.47. The first-order chi connectivity index (χ1) is 13.3. The summed E-state index contributed by atoms with van der Waals surface area (Å²) >= 11 is 5.90. The molecule has 148 valence electrons. The van der Waals surface area contributed by atoms with E-state index in [0.717, 1.165) is 0 Å². The number of anilines is 1. The van der Waals surface area contributed by atoms with E-state index in [1.54, 1.807) is 12.1 Å². The second-order valence-corrected chi connectivity index (χ2v) is 8.01. The van der Waals surface area contributed by atoms with E-state index in [4.69, 9.17) is 21.1 Å². The molecule has 11 heteroatoms. The number of nitrogens with zero attached hydrogens (tertiary/aromatic N) is 2. The van der Waals surface area contributed by atoms with Crippen LogP contribution in [0.25, 0.3) is 0 Å². The topological polar surface area (TPSA) is 114 Å². The zero-order valence-corrected chi connectivity index (χ0v) is 16.3. The van der Waals surface area contributed by atoms with Crippen LogP contribution in [0.4, 0.5) is 5.69 Å². The first-order valence-corrected chi connectivity index (χ1v) is 10.1. The molecular weight excluding hydrogens is 410 g/mol. The number of sulfonamides is 1. The minimum Gasteiger partial charge on any atom is -0.495 e. The molecule has 1 amide bonds. The molecule has 1 aromatic rings. The number of hydrogen-bond acceptors (Lipinski definition) is 7. The molecule has 1 aromatic carbocycles. The van der Waals surface area contributed by atoms with Gasteiger partial charge in [0.1, 0.15) is 11.6 Å². The number of halogens is 1. The van der Waals surface area contributed by atoms with Gasteiger partial charge in [0.15, 0.2) is 6.61 Å². The molecule has 0 saturated heterocycles. The fourth-order valence-corrected chi connectivity index (χ4v) is 3.64. The third-order valence-electron chi connectivity index (χ3n) is 3.83. The Kier molecular flexibility index (Phi) is 5.71. The summed E-state index contributed by atoms with van der Waals surface area (Å²) in [6.07, 6.45) is 4.23. The van der Waals surface area contributed by atoms with Gasteiger partial charge in [0.2, 0.25) is 0 Å². The van der Waals surface area contributed by atoms with Gasteiger partial charge in [-0.3, -0.25) is 4.79 Å². The molecule has 0 saturated carbocycles. The van der Waals surface area contributed by atoms with E-state index in [2.05, 4.69) is 9.71 Å². The van der Waals surface area contributed by atoms with Crippen LogP contribution in [-0.2, 0) is 24.3 Å². The monoisotopic (exact) mass is 425 g/mol. The molecular formula is C17H16ClN3O6S. The van der Waals surface area contributed by atoms with Gasteiger partial charge in [-0.1, -0.05) is 11.6 Å². The summed E-state index contributed by atoms with van der Waals surface area (Å²) in [6.45, 7) is -0.341. The Morgan fingerprint density at radius 1 is 1.32 bits per heavy atom.